The fourth-order valence-electron chi connectivity index (χ4n) is 2.65. The van der Waals surface area contributed by atoms with Crippen LogP contribution in [0.1, 0.15) is 32.3 Å². The van der Waals surface area contributed by atoms with Crippen molar-refractivity contribution in [2.24, 2.45) is 0 Å². The van der Waals surface area contributed by atoms with Gasteiger partial charge in [0.05, 0.1) is 0 Å². The van der Waals surface area contributed by atoms with Gasteiger partial charge in [0, 0.05) is 25.2 Å². The molecule has 0 aliphatic carbocycles. The molecular formula is C17H22F2N4O2. The van der Waals surface area contributed by atoms with Crippen molar-refractivity contribution in [3.05, 3.63) is 56.2 Å². The molecule has 136 valence electrons. The zero-order chi connectivity index (χ0) is 18.6. The molecule has 0 fully saturated rings. The standard InChI is InChI=1S/C17H22F2N4O2/c1-3-5-9-23-15(20)14(16(24)21-17(23)25)22(4-2)10-11-7-6-8-12(18)13(11)19/h6-8H,3-5,9-10,20H2,1-2H3,(H,21,24,25). The summed E-state index contributed by atoms with van der Waals surface area (Å²) in [5.41, 5.74) is 5.03. The summed E-state index contributed by atoms with van der Waals surface area (Å²) in [4.78, 5) is 28.0. The van der Waals surface area contributed by atoms with Crippen molar-refractivity contribution >= 4 is 11.5 Å². The molecule has 0 spiro atoms. The number of nitrogen functional groups attached to an aromatic ring is 1. The predicted molar refractivity (Wildman–Crippen MR) is 93.7 cm³/mol. The molecule has 0 radical (unpaired) electrons. The summed E-state index contributed by atoms with van der Waals surface area (Å²) < 4.78 is 28.7. The smallest absolute Gasteiger partial charge is 0.330 e. The van der Waals surface area contributed by atoms with E-state index in [0.29, 0.717) is 13.1 Å². The van der Waals surface area contributed by atoms with E-state index in [1.807, 2.05) is 6.92 Å². The van der Waals surface area contributed by atoms with Crippen molar-refractivity contribution in [2.45, 2.75) is 39.8 Å². The summed E-state index contributed by atoms with van der Waals surface area (Å²) in [6.07, 6.45) is 1.58. The fourth-order valence-corrected chi connectivity index (χ4v) is 2.65. The van der Waals surface area contributed by atoms with Gasteiger partial charge in [-0.1, -0.05) is 25.5 Å². The Labute approximate surface area is 143 Å². The van der Waals surface area contributed by atoms with E-state index in [1.165, 1.54) is 21.6 Å². The van der Waals surface area contributed by atoms with Crippen molar-refractivity contribution in [3.63, 3.8) is 0 Å². The van der Waals surface area contributed by atoms with E-state index in [4.69, 9.17) is 5.73 Å². The van der Waals surface area contributed by atoms with E-state index in [0.717, 1.165) is 18.9 Å². The van der Waals surface area contributed by atoms with Crippen LogP contribution in [0, 0.1) is 11.6 Å². The minimum absolute atomic E-state index is 0.0286. The molecule has 6 nitrogen and oxygen atoms in total. The molecule has 8 heteroatoms. The lowest BCUT2D eigenvalue weighted by Crippen LogP contribution is -2.38. The van der Waals surface area contributed by atoms with E-state index in [2.05, 4.69) is 4.98 Å². The number of aromatic nitrogens is 2. The maximum absolute atomic E-state index is 14.0. The van der Waals surface area contributed by atoms with Gasteiger partial charge in [-0.25, -0.2) is 13.6 Å². The van der Waals surface area contributed by atoms with Gasteiger partial charge in [0.15, 0.2) is 11.6 Å². The van der Waals surface area contributed by atoms with Gasteiger partial charge in [-0.2, -0.15) is 0 Å². The van der Waals surface area contributed by atoms with Gasteiger partial charge in [0.1, 0.15) is 11.5 Å². The first kappa shape index (κ1) is 18.7. The third kappa shape index (κ3) is 3.89. The number of rotatable bonds is 7. The van der Waals surface area contributed by atoms with Gasteiger partial charge in [0.2, 0.25) is 0 Å². The number of nitrogens with one attached hydrogen (secondary N) is 1. The zero-order valence-electron chi connectivity index (χ0n) is 14.3. The molecule has 1 aromatic heterocycles. The fraction of sp³-hybridized carbons (Fsp3) is 0.412. The Morgan fingerprint density at radius 1 is 1.24 bits per heavy atom. The summed E-state index contributed by atoms with van der Waals surface area (Å²) in [6.45, 7) is 4.39. The summed E-state index contributed by atoms with van der Waals surface area (Å²) in [7, 11) is 0. The third-order valence-corrected chi connectivity index (χ3v) is 4.04. The molecule has 1 heterocycles. The van der Waals surface area contributed by atoms with E-state index >= 15 is 0 Å². The van der Waals surface area contributed by atoms with Crippen LogP contribution in [0.5, 0.6) is 0 Å². The lowest BCUT2D eigenvalue weighted by atomic mass is 10.2. The van der Waals surface area contributed by atoms with Crippen molar-refractivity contribution in [1.82, 2.24) is 9.55 Å². The second-order valence-corrected chi connectivity index (χ2v) is 5.73. The average molecular weight is 352 g/mol. The minimum atomic E-state index is -0.963. The molecule has 1 aromatic carbocycles. The maximum Gasteiger partial charge on any atom is 0.330 e. The first-order chi connectivity index (χ1) is 11.9. The maximum atomic E-state index is 14.0. The SMILES string of the molecule is CCCCn1c(N)c(N(CC)Cc2cccc(F)c2F)c(=O)[nH]c1=O. The number of halogens is 2. The molecule has 2 aromatic rings. The minimum Gasteiger partial charge on any atom is -0.383 e. The van der Waals surface area contributed by atoms with E-state index < -0.39 is 22.9 Å². The first-order valence-electron chi connectivity index (χ1n) is 8.21. The van der Waals surface area contributed by atoms with E-state index in [-0.39, 0.29) is 23.6 Å². The second-order valence-electron chi connectivity index (χ2n) is 5.73. The second kappa shape index (κ2) is 7.96. The molecule has 0 saturated heterocycles. The number of hydrogen-bond acceptors (Lipinski definition) is 4. The summed E-state index contributed by atoms with van der Waals surface area (Å²) >= 11 is 0. The molecule has 25 heavy (non-hydrogen) atoms. The third-order valence-electron chi connectivity index (χ3n) is 4.04. The van der Waals surface area contributed by atoms with Crippen LogP contribution in [0.25, 0.3) is 0 Å². The Balaban J connectivity index is 2.48. The highest BCUT2D eigenvalue weighted by molar-refractivity contribution is 5.62. The van der Waals surface area contributed by atoms with Crippen LogP contribution in [-0.4, -0.2) is 16.1 Å². The summed E-state index contributed by atoms with van der Waals surface area (Å²) in [6, 6.07) is 3.87. The van der Waals surface area contributed by atoms with Gasteiger partial charge in [0.25, 0.3) is 5.56 Å². The highest BCUT2D eigenvalue weighted by Crippen LogP contribution is 2.21. The van der Waals surface area contributed by atoms with Crippen LogP contribution in [0.3, 0.4) is 0 Å². The largest absolute Gasteiger partial charge is 0.383 e. The van der Waals surface area contributed by atoms with Crippen LogP contribution in [0.15, 0.2) is 27.8 Å². The molecule has 2 rings (SSSR count). The number of H-pyrrole nitrogens is 1. The van der Waals surface area contributed by atoms with Gasteiger partial charge >= 0.3 is 5.69 Å². The highest BCUT2D eigenvalue weighted by Gasteiger charge is 2.19. The Kier molecular flexibility index (Phi) is 5.95. The van der Waals surface area contributed by atoms with Crippen LogP contribution in [0.4, 0.5) is 20.3 Å². The molecule has 0 atom stereocenters. The molecule has 0 saturated carbocycles. The van der Waals surface area contributed by atoms with Gasteiger partial charge in [-0.3, -0.25) is 14.3 Å². The van der Waals surface area contributed by atoms with E-state index in [9.17, 15) is 18.4 Å². The first-order valence-corrected chi connectivity index (χ1v) is 8.21. The lowest BCUT2D eigenvalue weighted by Gasteiger charge is -2.25. The van der Waals surface area contributed by atoms with Gasteiger partial charge < -0.3 is 10.6 Å². The van der Waals surface area contributed by atoms with Crippen molar-refractivity contribution < 1.29 is 8.78 Å². The lowest BCUT2D eigenvalue weighted by molar-refractivity contribution is 0.497. The quantitative estimate of drug-likeness (QED) is 0.800. The topological polar surface area (TPSA) is 84.1 Å². The van der Waals surface area contributed by atoms with E-state index in [1.54, 1.807) is 6.92 Å². The average Bonchev–Trinajstić information content (AvgIpc) is 2.57. The van der Waals surface area contributed by atoms with Crippen molar-refractivity contribution in [1.29, 1.82) is 0 Å². The monoisotopic (exact) mass is 352 g/mol. The Morgan fingerprint density at radius 3 is 2.60 bits per heavy atom. The van der Waals surface area contributed by atoms with Crippen LogP contribution >= 0.6 is 0 Å². The van der Waals surface area contributed by atoms with Crippen LogP contribution in [0.2, 0.25) is 0 Å². The molecule has 0 aliphatic heterocycles. The van der Waals surface area contributed by atoms with Crippen molar-refractivity contribution in [2.75, 3.05) is 17.2 Å². The zero-order valence-corrected chi connectivity index (χ0v) is 14.3. The number of nitrogens with zero attached hydrogens (tertiary/aromatic N) is 2. The number of nitrogens with two attached hydrogens (primary N) is 1. The number of aromatic amines is 1. The number of hydrogen-bond donors (Lipinski definition) is 2. The van der Waals surface area contributed by atoms with Crippen LogP contribution < -0.4 is 21.9 Å². The predicted octanol–water partition coefficient (Wildman–Crippen LogP) is 2.22. The number of benzene rings is 1. The summed E-state index contributed by atoms with van der Waals surface area (Å²) in [5.74, 6) is -1.89. The molecular weight excluding hydrogens is 330 g/mol. The summed E-state index contributed by atoms with van der Waals surface area (Å²) in [5, 5.41) is 0. The van der Waals surface area contributed by atoms with Crippen LogP contribution in [-0.2, 0) is 13.1 Å². The number of anilines is 2. The Morgan fingerprint density at radius 2 is 1.96 bits per heavy atom. The molecule has 3 N–H and O–H groups in total. The molecule has 0 bridgehead atoms. The molecule has 0 aliphatic rings. The molecule has 0 amide bonds. The highest BCUT2D eigenvalue weighted by atomic mass is 19.2. The van der Waals surface area contributed by atoms with Gasteiger partial charge in [-0.15, -0.1) is 0 Å². The Hall–Kier alpha value is -2.64. The number of unbranched alkanes of at least 4 members (excludes halogenated alkanes) is 1. The normalized spacial score (nSPS) is 10.9. The van der Waals surface area contributed by atoms with Crippen molar-refractivity contribution in [3.8, 4) is 0 Å². The molecule has 0 unspecified atom stereocenters. The Bertz CT molecular complexity index is 861. The van der Waals surface area contributed by atoms with Gasteiger partial charge in [-0.05, 0) is 19.4 Å².